The Morgan fingerprint density at radius 1 is 1.50 bits per heavy atom. The van der Waals surface area contributed by atoms with Crippen molar-refractivity contribution in [3.05, 3.63) is 6.33 Å². The quantitative estimate of drug-likeness (QED) is 0.780. The van der Waals surface area contributed by atoms with E-state index in [9.17, 15) is 8.42 Å². The number of aromatic nitrogens is 2. The summed E-state index contributed by atoms with van der Waals surface area (Å²) in [6, 6.07) is 0.585. The first-order chi connectivity index (χ1) is 9.42. The third-order valence-electron chi connectivity index (χ3n) is 3.87. The fourth-order valence-corrected chi connectivity index (χ4v) is 3.97. The lowest BCUT2D eigenvalue weighted by Crippen LogP contribution is -2.37. The molecule has 1 aliphatic rings. The van der Waals surface area contributed by atoms with Crippen LogP contribution in [0.4, 0.5) is 5.82 Å². The molecule has 0 amide bonds. The van der Waals surface area contributed by atoms with Gasteiger partial charge in [0.15, 0.2) is 10.8 Å². The summed E-state index contributed by atoms with van der Waals surface area (Å²) in [6.45, 7) is 1.07. The number of nitrogen functional groups attached to an aromatic ring is 1. The maximum Gasteiger partial charge on any atom is 0.260 e. The molecule has 0 atom stereocenters. The van der Waals surface area contributed by atoms with Gasteiger partial charge in [-0.25, -0.2) is 18.1 Å². The third kappa shape index (κ3) is 3.31. The third-order valence-corrected chi connectivity index (χ3v) is 5.46. The summed E-state index contributed by atoms with van der Waals surface area (Å²) >= 11 is 0. The number of nitrogens with zero attached hydrogens (tertiary/aromatic N) is 3. The van der Waals surface area contributed by atoms with E-state index in [1.807, 2.05) is 7.05 Å². The number of nitrogens with two attached hydrogens (primary N) is 1. The molecule has 1 saturated carbocycles. The van der Waals surface area contributed by atoms with E-state index in [0.29, 0.717) is 19.1 Å². The van der Waals surface area contributed by atoms with Gasteiger partial charge in [-0.15, -0.1) is 0 Å². The van der Waals surface area contributed by atoms with Crippen LogP contribution in [0.25, 0.3) is 0 Å². The Hall–Kier alpha value is -1.12. The van der Waals surface area contributed by atoms with Gasteiger partial charge in [0.25, 0.3) is 10.0 Å². The minimum absolute atomic E-state index is 0.0287. The summed E-state index contributed by atoms with van der Waals surface area (Å²) in [5.74, 6) is 0.0316. The molecule has 7 nitrogen and oxygen atoms in total. The van der Waals surface area contributed by atoms with Gasteiger partial charge in [-0.1, -0.05) is 12.8 Å². The number of sulfonamides is 1. The van der Waals surface area contributed by atoms with Crippen LogP contribution in [0.3, 0.4) is 0 Å². The number of hydrogen-bond donors (Lipinski definition) is 2. The van der Waals surface area contributed by atoms with E-state index in [1.165, 1.54) is 36.6 Å². The van der Waals surface area contributed by atoms with Crippen molar-refractivity contribution in [1.82, 2.24) is 19.2 Å². The van der Waals surface area contributed by atoms with E-state index in [4.69, 9.17) is 5.73 Å². The van der Waals surface area contributed by atoms with Crippen LogP contribution in [0.1, 0.15) is 25.7 Å². The number of likely N-dealkylation sites (N-methyl/N-ethyl adjacent to an activating group) is 1. The zero-order valence-corrected chi connectivity index (χ0v) is 12.9. The van der Waals surface area contributed by atoms with E-state index in [-0.39, 0.29) is 10.8 Å². The number of hydrogen-bond acceptors (Lipinski definition) is 5. The highest BCUT2D eigenvalue weighted by molar-refractivity contribution is 7.89. The van der Waals surface area contributed by atoms with Gasteiger partial charge in [0.2, 0.25) is 0 Å². The Morgan fingerprint density at radius 3 is 2.70 bits per heavy atom. The summed E-state index contributed by atoms with van der Waals surface area (Å²) < 4.78 is 28.3. The summed E-state index contributed by atoms with van der Waals surface area (Å²) in [7, 11) is 0.0593. The second-order valence-electron chi connectivity index (χ2n) is 5.36. The van der Waals surface area contributed by atoms with Crippen LogP contribution < -0.4 is 10.5 Å². The number of imidazole rings is 1. The van der Waals surface area contributed by atoms with E-state index < -0.39 is 10.0 Å². The Morgan fingerprint density at radius 2 is 2.15 bits per heavy atom. The second-order valence-corrected chi connectivity index (χ2v) is 7.04. The Kier molecular flexibility index (Phi) is 4.66. The molecule has 0 radical (unpaired) electrons. The van der Waals surface area contributed by atoms with E-state index in [2.05, 4.69) is 14.6 Å². The summed E-state index contributed by atoms with van der Waals surface area (Å²) in [4.78, 5) is 6.02. The lowest BCUT2D eigenvalue weighted by atomic mass is 10.2. The average molecular weight is 301 g/mol. The molecule has 8 heteroatoms. The Balaban J connectivity index is 1.90. The van der Waals surface area contributed by atoms with Crippen LogP contribution >= 0.6 is 0 Å². The predicted octanol–water partition coefficient (Wildman–Crippen LogP) is 0.155. The maximum absolute atomic E-state index is 12.2. The molecule has 1 fully saturated rings. The zero-order valence-electron chi connectivity index (χ0n) is 12.0. The fraction of sp³-hybridized carbons (Fsp3) is 0.750. The van der Waals surface area contributed by atoms with Gasteiger partial charge >= 0.3 is 0 Å². The lowest BCUT2D eigenvalue weighted by Gasteiger charge is -2.23. The summed E-state index contributed by atoms with van der Waals surface area (Å²) in [6.07, 6.45) is 6.35. The second kappa shape index (κ2) is 6.11. The molecule has 0 saturated heterocycles. The van der Waals surface area contributed by atoms with Crippen molar-refractivity contribution >= 4 is 15.8 Å². The Labute approximate surface area is 120 Å². The molecule has 0 spiro atoms. The first kappa shape index (κ1) is 15.3. The molecule has 1 heterocycles. The molecule has 2 rings (SSSR count). The molecule has 0 aliphatic heterocycles. The van der Waals surface area contributed by atoms with Crippen LogP contribution in [0, 0.1) is 0 Å². The SMILES string of the molecule is CN(CCNS(=O)(=O)c1c(N)ncn1C)C1CCCC1. The molecule has 0 aromatic carbocycles. The van der Waals surface area contributed by atoms with Crippen LogP contribution in [0.15, 0.2) is 11.4 Å². The van der Waals surface area contributed by atoms with Gasteiger partial charge in [0.05, 0.1) is 6.33 Å². The molecule has 0 unspecified atom stereocenters. The lowest BCUT2D eigenvalue weighted by molar-refractivity contribution is 0.250. The van der Waals surface area contributed by atoms with Gasteiger partial charge in [-0.2, -0.15) is 0 Å². The molecule has 20 heavy (non-hydrogen) atoms. The van der Waals surface area contributed by atoms with E-state index in [0.717, 1.165) is 0 Å². The number of nitrogens with one attached hydrogen (secondary N) is 1. The van der Waals surface area contributed by atoms with Crippen molar-refractivity contribution < 1.29 is 8.42 Å². The van der Waals surface area contributed by atoms with Crippen LogP contribution in [0.5, 0.6) is 0 Å². The van der Waals surface area contributed by atoms with E-state index >= 15 is 0 Å². The van der Waals surface area contributed by atoms with Crippen LogP contribution in [-0.2, 0) is 17.1 Å². The normalized spacial score (nSPS) is 17.1. The van der Waals surface area contributed by atoms with Crippen molar-refractivity contribution in [3.63, 3.8) is 0 Å². The minimum Gasteiger partial charge on any atom is -0.381 e. The highest BCUT2D eigenvalue weighted by Gasteiger charge is 2.23. The molecule has 1 aromatic heterocycles. The fourth-order valence-electron chi connectivity index (χ4n) is 2.72. The Bertz CT molecular complexity index is 529. The van der Waals surface area contributed by atoms with Crippen molar-refractivity contribution in [1.29, 1.82) is 0 Å². The van der Waals surface area contributed by atoms with Gasteiger partial charge < -0.3 is 15.2 Å². The minimum atomic E-state index is -3.60. The van der Waals surface area contributed by atoms with Crippen LogP contribution in [0.2, 0.25) is 0 Å². The van der Waals surface area contributed by atoms with Gasteiger partial charge in [0.1, 0.15) is 0 Å². The van der Waals surface area contributed by atoms with Crippen molar-refractivity contribution in [2.24, 2.45) is 7.05 Å². The highest BCUT2D eigenvalue weighted by Crippen LogP contribution is 2.22. The van der Waals surface area contributed by atoms with Crippen molar-refractivity contribution in [3.8, 4) is 0 Å². The van der Waals surface area contributed by atoms with Gasteiger partial charge in [-0.3, -0.25) is 0 Å². The summed E-state index contributed by atoms with van der Waals surface area (Å²) in [5, 5.41) is 0.0287. The molecule has 1 aromatic rings. The maximum atomic E-state index is 12.2. The molecule has 114 valence electrons. The first-order valence-corrected chi connectivity index (χ1v) is 8.37. The predicted molar refractivity (Wildman–Crippen MR) is 77.7 cm³/mol. The van der Waals surface area contributed by atoms with Gasteiger partial charge in [0, 0.05) is 26.2 Å². The molecule has 0 bridgehead atoms. The highest BCUT2D eigenvalue weighted by atomic mass is 32.2. The molecule has 1 aliphatic carbocycles. The van der Waals surface area contributed by atoms with E-state index in [1.54, 1.807) is 7.05 Å². The number of anilines is 1. The molecule has 3 N–H and O–H groups in total. The molecular weight excluding hydrogens is 278 g/mol. The smallest absolute Gasteiger partial charge is 0.260 e. The molecular formula is C12H23N5O2S. The summed E-state index contributed by atoms with van der Waals surface area (Å²) in [5.41, 5.74) is 5.60. The monoisotopic (exact) mass is 301 g/mol. The largest absolute Gasteiger partial charge is 0.381 e. The standard InChI is InChI=1S/C12H23N5O2S/c1-16(10-5-3-4-6-10)8-7-15-20(18,19)12-11(13)14-9-17(12)2/h9-10,15H,3-8,13H2,1-2H3. The van der Waals surface area contributed by atoms with Crippen molar-refractivity contribution in [2.45, 2.75) is 36.8 Å². The zero-order chi connectivity index (χ0) is 14.8. The topological polar surface area (TPSA) is 93.2 Å². The number of aryl methyl sites for hydroxylation is 1. The van der Waals surface area contributed by atoms with Gasteiger partial charge in [-0.05, 0) is 19.9 Å². The first-order valence-electron chi connectivity index (χ1n) is 6.88. The van der Waals surface area contributed by atoms with Crippen LogP contribution in [-0.4, -0.2) is 49.0 Å². The van der Waals surface area contributed by atoms with Crippen molar-refractivity contribution in [2.75, 3.05) is 25.9 Å². The average Bonchev–Trinajstić information content (AvgIpc) is 2.99. The number of rotatable bonds is 6.